The molecule has 0 spiro atoms. The monoisotopic (exact) mass is 357 g/mol. The van der Waals surface area contributed by atoms with Crippen LogP contribution in [0.4, 0.5) is 8.78 Å². The number of aryl methyl sites for hydroxylation is 1. The van der Waals surface area contributed by atoms with Crippen LogP contribution in [0.5, 0.6) is 0 Å². The van der Waals surface area contributed by atoms with Crippen LogP contribution in [0.15, 0.2) is 36.4 Å². The lowest BCUT2D eigenvalue weighted by atomic mass is 10.0. The number of carbonyl (C=O) groups is 2. The third-order valence-corrected chi connectivity index (χ3v) is 4.42. The summed E-state index contributed by atoms with van der Waals surface area (Å²) in [5.41, 5.74) is 1.40. The number of alkyl halides is 2. The Morgan fingerprint density at radius 3 is 2.85 bits per heavy atom. The maximum absolute atomic E-state index is 13.4. The lowest BCUT2D eigenvalue weighted by molar-refractivity contribution is -0.131. The van der Waals surface area contributed by atoms with E-state index in [0.29, 0.717) is 5.56 Å². The van der Waals surface area contributed by atoms with E-state index in [1.165, 1.54) is 0 Å². The van der Waals surface area contributed by atoms with Crippen molar-refractivity contribution in [3.05, 3.63) is 47.5 Å². The Bertz CT molecular complexity index is 921. The molecule has 0 aliphatic carbocycles. The van der Waals surface area contributed by atoms with Crippen molar-refractivity contribution in [1.82, 2.24) is 10.2 Å². The first-order chi connectivity index (χ1) is 12.3. The molecule has 1 saturated heterocycles. The van der Waals surface area contributed by atoms with E-state index in [-0.39, 0.29) is 0 Å². The van der Waals surface area contributed by atoms with Crippen molar-refractivity contribution in [3.63, 3.8) is 0 Å². The van der Waals surface area contributed by atoms with Crippen LogP contribution in [0.25, 0.3) is 10.8 Å². The van der Waals surface area contributed by atoms with Crippen LogP contribution in [0.1, 0.15) is 22.3 Å². The molecule has 134 valence electrons. The minimum Gasteiger partial charge on any atom is -0.343 e. The highest BCUT2D eigenvalue weighted by molar-refractivity contribution is 6.08. The van der Waals surface area contributed by atoms with Gasteiger partial charge >= 0.3 is 0 Å². The molecule has 26 heavy (non-hydrogen) atoms. The maximum atomic E-state index is 13.4. The molecule has 0 saturated carbocycles. The van der Waals surface area contributed by atoms with Gasteiger partial charge in [-0.2, -0.15) is 5.26 Å². The quantitative estimate of drug-likeness (QED) is 0.918. The van der Waals surface area contributed by atoms with E-state index in [0.717, 1.165) is 21.2 Å². The molecule has 2 amide bonds. The molecular formula is C19H17F2N3O2. The first-order valence-corrected chi connectivity index (χ1v) is 8.15. The van der Waals surface area contributed by atoms with Crippen LogP contribution in [-0.2, 0) is 4.79 Å². The van der Waals surface area contributed by atoms with E-state index >= 15 is 0 Å². The molecule has 0 aromatic heterocycles. The Kier molecular flexibility index (Phi) is 4.60. The fraction of sp³-hybridized carbons (Fsp3) is 0.316. The minimum absolute atomic E-state index is 0.405. The average Bonchev–Trinajstić information content (AvgIpc) is 2.93. The van der Waals surface area contributed by atoms with Gasteiger partial charge in [-0.15, -0.1) is 0 Å². The average molecular weight is 357 g/mol. The predicted molar refractivity (Wildman–Crippen MR) is 91.7 cm³/mol. The molecule has 1 heterocycles. The Morgan fingerprint density at radius 1 is 1.35 bits per heavy atom. The normalized spacial score (nSPS) is 18.5. The smallest absolute Gasteiger partial charge is 0.268 e. The van der Waals surface area contributed by atoms with Crippen molar-refractivity contribution < 1.29 is 18.4 Å². The summed E-state index contributed by atoms with van der Waals surface area (Å²) in [4.78, 5) is 25.5. The van der Waals surface area contributed by atoms with Crippen molar-refractivity contribution in [2.45, 2.75) is 25.3 Å². The second-order valence-electron chi connectivity index (χ2n) is 6.44. The molecule has 7 heteroatoms. The summed E-state index contributed by atoms with van der Waals surface area (Å²) in [6.45, 7) is 0.677. The Morgan fingerprint density at radius 2 is 2.12 bits per heavy atom. The van der Waals surface area contributed by atoms with Gasteiger partial charge in [0.2, 0.25) is 5.91 Å². The molecule has 5 nitrogen and oxygen atoms in total. The molecule has 3 rings (SSSR count). The first-order valence-electron chi connectivity index (χ1n) is 8.15. The predicted octanol–water partition coefficient (Wildman–Crippen LogP) is 2.64. The Balaban J connectivity index is 1.73. The highest BCUT2D eigenvalue weighted by Gasteiger charge is 2.47. The zero-order valence-corrected chi connectivity index (χ0v) is 14.1. The van der Waals surface area contributed by atoms with E-state index in [1.54, 1.807) is 18.2 Å². The third kappa shape index (κ3) is 3.49. The Labute approximate surface area is 149 Å². The number of nitrogens with zero attached hydrogens (tertiary/aromatic N) is 2. The van der Waals surface area contributed by atoms with Crippen molar-refractivity contribution in [2.24, 2.45) is 0 Å². The molecule has 2 aromatic carbocycles. The first kappa shape index (κ1) is 17.8. The fourth-order valence-corrected chi connectivity index (χ4v) is 3.13. The number of hydrogen-bond acceptors (Lipinski definition) is 3. The van der Waals surface area contributed by atoms with Crippen LogP contribution in [-0.4, -0.2) is 41.8 Å². The van der Waals surface area contributed by atoms with Gasteiger partial charge in [-0.05, 0) is 23.8 Å². The summed E-state index contributed by atoms with van der Waals surface area (Å²) in [5.74, 6) is -4.24. The second kappa shape index (κ2) is 6.71. The van der Waals surface area contributed by atoms with Gasteiger partial charge in [-0.1, -0.05) is 35.9 Å². The van der Waals surface area contributed by atoms with Crippen LogP contribution in [0.2, 0.25) is 0 Å². The highest BCUT2D eigenvalue weighted by Crippen LogP contribution is 2.31. The summed E-state index contributed by atoms with van der Waals surface area (Å²) in [6.07, 6.45) is -0.675. The summed E-state index contributed by atoms with van der Waals surface area (Å²) in [7, 11) is 0. The van der Waals surface area contributed by atoms with Crippen LogP contribution in [0.3, 0.4) is 0 Å². The highest BCUT2D eigenvalue weighted by atomic mass is 19.3. The van der Waals surface area contributed by atoms with Crippen molar-refractivity contribution in [1.29, 1.82) is 5.26 Å². The lowest BCUT2D eigenvalue weighted by Crippen LogP contribution is -2.43. The lowest BCUT2D eigenvalue weighted by Gasteiger charge is -2.19. The number of fused-ring (bicyclic) bond motifs is 1. The molecule has 1 aliphatic rings. The van der Waals surface area contributed by atoms with E-state index in [4.69, 9.17) is 5.26 Å². The van der Waals surface area contributed by atoms with Gasteiger partial charge in [-0.3, -0.25) is 9.59 Å². The maximum Gasteiger partial charge on any atom is 0.268 e. The summed E-state index contributed by atoms with van der Waals surface area (Å²) in [6, 6.07) is 11.5. The van der Waals surface area contributed by atoms with E-state index in [9.17, 15) is 18.4 Å². The largest absolute Gasteiger partial charge is 0.343 e. The number of rotatable bonds is 3. The number of benzene rings is 2. The number of nitrogens with one attached hydrogen (secondary N) is 1. The topological polar surface area (TPSA) is 73.2 Å². The van der Waals surface area contributed by atoms with Gasteiger partial charge in [0.15, 0.2) is 0 Å². The number of nitriles is 1. The molecule has 1 fully saturated rings. The van der Waals surface area contributed by atoms with Gasteiger partial charge < -0.3 is 10.2 Å². The molecule has 2 aromatic rings. The van der Waals surface area contributed by atoms with Crippen LogP contribution >= 0.6 is 0 Å². The van der Waals surface area contributed by atoms with E-state index in [2.05, 4.69) is 5.32 Å². The summed E-state index contributed by atoms with van der Waals surface area (Å²) in [5, 5.41) is 13.1. The van der Waals surface area contributed by atoms with Gasteiger partial charge in [-0.25, -0.2) is 8.78 Å². The Hall–Kier alpha value is -3.01. The van der Waals surface area contributed by atoms with Crippen LogP contribution in [0, 0.1) is 18.3 Å². The number of likely N-dealkylation sites (tertiary alicyclic amines) is 1. The van der Waals surface area contributed by atoms with Gasteiger partial charge in [0, 0.05) is 12.0 Å². The standard InChI is InChI=1S/C19H17F2N3O2/c1-12-5-6-13-3-2-4-15(16(13)7-12)18(26)23-10-17(25)24-11-19(20,21)8-14(24)9-22/h2-7,14H,8,10-11H2,1H3,(H,23,26)/t14-/m1/s1. The van der Waals surface area contributed by atoms with E-state index in [1.807, 2.05) is 31.2 Å². The molecule has 0 bridgehead atoms. The molecule has 0 unspecified atom stereocenters. The van der Waals surface area contributed by atoms with Gasteiger partial charge in [0.05, 0.1) is 19.2 Å². The zero-order valence-electron chi connectivity index (χ0n) is 14.1. The number of carbonyl (C=O) groups excluding carboxylic acids is 2. The molecule has 1 atom stereocenters. The second-order valence-corrected chi connectivity index (χ2v) is 6.44. The molecule has 0 radical (unpaired) electrons. The van der Waals surface area contributed by atoms with Crippen molar-refractivity contribution >= 4 is 22.6 Å². The van der Waals surface area contributed by atoms with Crippen LogP contribution < -0.4 is 5.32 Å². The SMILES string of the molecule is Cc1ccc2cccc(C(=O)NCC(=O)N3CC(F)(F)C[C@@H]3C#N)c2c1. The minimum atomic E-state index is -3.08. The van der Waals surface area contributed by atoms with Crippen molar-refractivity contribution in [2.75, 3.05) is 13.1 Å². The number of halogens is 2. The summed E-state index contributed by atoms with van der Waals surface area (Å²) >= 11 is 0. The third-order valence-electron chi connectivity index (χ3n) is 4.42. The fourth-order valence-electron chi connectivity index (χ4n) is 3.13. The summed E-state index contributed by atoms with van der Waals surface area (Å²) < 4.78 is 26.9. The molecular weight excluding hydrogens is 340 g/mol. The molecule has 1 aliphatic heterocycles. The number of hydrogen-bond donors (Lipinski definition) is 1. The number of amides is 2. The molecule has 1 N–H and O–H groups in total. The zero-order chi connectivity index (χ0) is 18.9. The van der Waals surface area contributed by atoms with E-state index < -0.39 is 43.3 Å². The van der Waals surface area contributed by atoms with Gasteiger partial charge in [0.25, 0.3) is 11.8 Å². The van der Waals surface area contributed by atoms with Crippen molar-refractivity contribution in [3.8, 4) is 6.07 Å². The van der Waals surface area contributed by atoms with Gasteiger partial charge in [0.1, 0.15) is 6.04 Å².